The minimum Gasteiger partial charge on any atom is -0.485 e. The van der Waals surface area contributed by atoms with Crippen LogP contribution in [0.3, 0.4) is 0 Å². The SMILES string of the molecule is CC1CNc2nc3cc(CCC4CCC(n5ccc6c(N)ncnc65)O4)ccc3cc2O1. The minimum absolute atomic E-state index is 0.00920. The first-order chi connectivity index (χ1) is 15.6. The Kier molecular flexibility index (Phi) is 4.61. The van der Waals surface area contributed by atoms with Gasteiger partial charge in [-0.05, 0) is 56.4 Å². The van der Waals surface area contributed by atoms with Crippen molar-refractivity contribution >= 4 is 33.6 Å². The number of nitrogen functional groups attached to an aromatic ring is 1. The molecule has 3 unspecified atom stereocenters. The first-order valence-electron chi connectivity index (χ1n) is 11.2. The molecule has 3 atom stereocenters. The van der Waals surface area contributed by atoms with E-state index in [-0.39, 0.29) is 18.4 Å². The molecule has 0 amide bonds. The summed E-state index contributed by atoms with van der Waals surface area (Å²) in [5.41, 5.74) is 9.07. The monoisotopic (exact) mass is 430 g/mol. The third kappa shape index (κ3) is 3.40. The molecule has 8 nitrogen and oxygen atoms in total. The first kappa shape index (κ1) is 19.3. The number of ether oxygens (including phenoxy) is 2. The summed E-state index contributed by atoms with van der Waals surface area (Å²) in [6, 6.07) is 10.5. The highest BCUT2D eigenvalue weighted by Gasteiger charge is 2.27. The highest BCUT2D eigenvalue weighted by atomic mass is 16.5. The van der Waals surface area contributed by atoms with Crippen molar-refractivity contribution in [3.05, 3.63) is 48.4 Å². The molecule has 0 saturated carbocycles. The van der Waals surface area contributed by atoms with Crippen molar-refractivity contribution in [1.82, 2.24) is 19.5 Å². The lowest BCUT2D eigenvalue weighted by Gasteiger charge is -2.24. The van der Waals surface area contributed by atoms with E-state index in [1.807, 2.05) is 12.3 Å². The van der Waals surface area contributed by atoms with E-state index in [1.54, 1.807) is 0 Å². The lowest BCUT2D eigenvalue weighted by atomic mass is 10.0. The van der Waals surface area contributed by atoms with Crippen LogP contribution in [0.4, 0.5) is 11.6 Å². The number of nitrogens with one attached hydrogen (secondary N) is 1. The third-order valence-electron chi connectivity index (χ3n) is 6.42. The van der Waals surface area contributed by atoms with E-state index in [9.17, 15) is 0 Å². The van der Waals surface area contributed by atoms with Gasteiger partial charge in [0.25, 0.3) is 0 Å². The van der Waals surface area contributed by atoms with Gasteiger partial charge in [0.2, 0.25) is 0 Å². The summed E-state index contributed by atoms with van der Waals surface area (Å²) in [6.07, 6.45) is 7.80. The average Bonchev–Trinajstić information content (AvgIpc) is 3.44. The van der Waals surface area contributed by atoms with Gasteiger partial charge < -0.3 is 25.1 Å². The zero-order valence-corrected chi connectivity index (χ0v) is 18.0. The maximum Gasteiger partial charge on any atom is 0.169 e. The first-order valence-corrected chi connectivity index (χ1v) is 11.2. The van der Waals surface area contributed by atoms with Crippen molar-refractivity contribution in [3.63, 3.8) is 0 Å². The van der Waals surface area contributed by atoms with Gasteiger partial charge in [-0.1, -0.05) is 12.1 Å². The molecule has 32 heavy (non-hydrogen) atoms. The highest BCUT2D eigenvalue weighted by molar-refractivity contribution is 5.86. The van der Waals surface area contributed by atoms with Crippen molar-refractivity contribution in [2.24, 2.45) is 0 Å². The Balaban J connectivity index is 1.14. The molecular formula is C24H26N6O2. The molecule has 164 valence electrons. The molecule has 2 aliphatic heterocycles. The number of hydrogen-bond donors (Lipinski definition) is 2. The van der Waals surface area contributed by atoms with E-state index >= 15 is 0 Å². The summed E-state index contributed by atoms with van der Waals surface area (Å²) < 4.78 is 14.3. The van der Waals surface area contributed by atoms with Crippen LogP contribution in [-0.4, -0.2) is 38.3 Å². The minimum atomic E-state index is -0.00920. The average molecular weight is 431 g/mol. The van der Waals surface area contributed by atoms with Crippen LogP contribution in [0.25, 0.3) is 21.9 Å². The number of hydrogen-bond acceptors (Lipinski definition) is 7. The lowest BCUT2D eigenvalue weighted by molar-refractivity contribution is 0.00120. The Morgan fingerprint density at radius 3 is 3.06 bits per heavy atom. The smallest absolute Gasteiger partial charge is 0.169 e. The molecule has 1 aromatic carbocycles. The number of nitrogens with zero attached hydrogens (tertiary/aromatic N) is 4. The van der Waals surface area contributed by atoms with Crippen molar-refractivity contribution in [1.29, 1.82) is 0 Å². The van der Waals surface area contributed by atoms with Gasteiger partial charge in [0.1, 0.15) is 30.1 Å². The standard InChI is InChI=1S/C24H26N6O2/c1-14-12-26-23-20(31-14)11-16-4-2-15(10-19(16)29-23)3-5-17-6-7-21(32-17)30-9-8-18-22(25)27-13-28-24(18)30/h2,4,8-11,13-14,17,21H,3,5-7,12H2,1H3,(H,26,29)(H2,25,27,28). The predicted molar refractivity (Wildman–Crippen MR) is 124 cm³/mol. The fourth-order valence-corrected chi connectivity index (χ4v) is 4.72. The molecule has 1 saturated heterocycles. The van der Waals surface area contributed by atoms with Crippen LogP contribution in [-0.2, 0) is 11.2 Å². The molecule has 6 rings (SSSR count). The maximum atomic E-state index is 6.37. The van der Waals surface area contributed by atoms with E-state index in [0.717, 1.165) is 65.7 Å². The van der Waals surface area contributed by atoms with Crippen LogP contribution < -0.4 is 15.8 Å². The second-order valence-corrected chi connectivity index (χ2v) is 8.72. The Morgan fingerprint density at radius 1 is 1.19 bits per heavy atom. The van der Waals surface area contributed by atoms with Gasteiger partial charge in [0, 0.05) is 11.6 Å². The molecule has 0 radical (unpaired) electrons. The number of pyridine rings is 1. The summed E-state index contributed by atoms with van der Waals surface area (Å²) >= 11 is 0. The van der Waals surface area contributed by atoms with E-state index in [4.69, 9.17) is 20.2 Å². The summed E-state index contributed by atoms with van der Waals surface area (Å²) in [6.45, 7) is 2.83. The fourth-order valence-electron chi connectivity index (χ4n) is 4.72. The second-order valence-electron chi connectivity index (χ2n) is 8.72. The van der Waals surface area contributed by atoms with Gasteiger partial charge in [-0.2, -0.15) is 0 Å². The summed E-state index contributed by atoms with van der Waals surface area (Å²) in [5.74, 6) is 2.17. The largest absolute Gasteiger partial charge is 0.485 e. The number of fused-ring (bicyclic) bond motifs is 3. The number of aryl methyl sites for hydroxylation is 1. The van der Waals surface area contributed by atoms with Crippen molar-refractivity contribution < 1.29 is 9.47 Å². The topological polar surface area (TPSA) is 100 Å². The van der Waals surface area contributed by atoms with E-state index < -0.39 is 0 Å². The normalized spacial score (nSPS) is 22.6. The molecule has 5 heterocycles. The lowest BCUT2D eigenvalue weighted by Crippen LogP contribution is -2.28. The molecule has 1 fully saturated rings. The van der Waals surface area contributed by atoms with Crippen molar-refractivity contribution in [3.8, 4) is 5.75 Å². The van der Waals surface area contributed by atoms with Gasteiger partial charge >= 0.3 is 0 Å². The Bertz CT molecular complexity index is 1300. The zero-order chi connectivity index (χ0) is 21.7. The number of benzene rings is 1. The van der Waals surface area contributed by atoms with Gasteiger partial charge in [-0.15, -0.1) is 0 Å². The molecule has 0 bridgehead atoms. The fraction of sp³-hybridized carbons (Fsp3) is 0.375. The molecule has 3 aromatic heterocycles. The summed E-state index contributed by atoms with van der Waals surface area (Å²) in [4.78, 5) is 13.2. The number of rotatable bonds is 4. The van der Waals surface area contributed by atoms with Gasteiger partial charge in [-0.3, -0.25) is 0 Å². The van der Waals surface area contributed by atoms with Crippen LogP contribution in [0.5, 0.6) is 5.75 Å². The molecule has 8 heteroatoms. The van der Waals surface area contributed by atoms with Crippen LogP contribution in [0.2, 0.25) is 0 Å². The highest BCUT2D eigenvalue weighted by Crippen LogP contribution is 2.34. The van der Waals surface area contributed by atoms with E-state index in [1.165, 1.54) is 11.9 Å². The van der Waals surface area contributed by atoms with Crippen LogP contribution in [0.1, 0.15) is 38.0 Å². The van der Waals surface area contributed by atoms with Crippen molar-refractivity contribution in [2.75, 3.05) is 17.6 Å². The molecule has 0 spiro atoms. The second kappa shape index (κ2) is 7.63. The molecular weight excluding hydrogens is 404 g/mol. The van der Waals surface area contributed by atoms with Crippen LogP contribution >= 0.6 is 0 Å². The maximum absolute atomic E-state index is 6.37. The van der Waals surface area contributed by atoms with Crippen LogP contribution in [0, 0.1) is 0 Å². The molecule has 4 aromatic rings. The van der Waals surface area contributed by atoms with E-state index in [0.29, 0.717) is 5.82 Å². The Labute approximate surface area is 185 Å². The van der Waals surface area contributed by atoms with Gasteiger partial charge in [0.15, 0.2) is 11.6 Å². The molecule has 2 aliphatic rings. The summed E-state index contributed by atoms with van der Waals surface area (Å²) in [7, 11) is 0. The zero-order valence-electron chi connectivity index (χ0n) is 18.0. The van der Waals surface area contributed by atoms with Gasteiger partial charge in [-0.25, -0.2) is 15.0 Å². The number of aromatic nitrogens is 4. The molecule has 3 N–H and O–H groups in total. The predicted octanol–water partition coefficient (Wildman–Crippen LogP) is 4.06. The number of nitrogens with two attached hydrogens (primary N) is 1. The van der Waals surface area contributed by atoms with Crippen LogP contribution in [0.15, 0.2) is 42.9 Å². The van der Waals surface area contributed by atoms with E-state index in [2.05, 4.69) is 51.0 Å². The van der Waals surface area contributed by atoms with Gasteiger partial charge in [0.05, 0.1) is 23.6 Å². The van der Waals surface area contributed by atoms with Crippen molar-refractivity contribution in [2.45, 2.75) is 51.0 Å². The quantitative estimate of drug-likeness (QED) is 0.503. The number of anilines is 2. The third-order valence-corrected chi connectivity index (χ3v) is 6.42. The Morgan fingerprint density at radius 2 is 2.12 bits per heavy atom. The Hall–Kier alpha value is -3.39. The molecule has 0 aliphatic carbocycles. The summed E-state index contributed by atoms with van der Waals surface area (Å²) in [5, 5.41) is 5.33.